The summed E-state index contributed by atoms with van der Waals surface area (Å²) in [4.78, 5) is 43.9. The maximum Gasteiger partial charge on any atom is 0.413 e. The number of carbonyl (C=O) groups excluding carboxylic acids is 3. The van der Waals surface area contributed by atoms with E-state index in [0.29, 0.717) is 33.0 Å². The summed E-state index contributed by atoms with van der Waals surface area (Å²) in [5.41, 5.74) is 2.63. The fraction of sp³-hybridized carbons (Fsp3) is 0.0345. The SMILES string of the molecule is COC(=O)Nc1nc2cc(Sc3ccc(NC(=O)c4ccccc4Cl)cc3)ccc2n1C(=O)Nc1ccccc1. The van der Waals surface area contributed by atoms with Crippen molar-refractivity contribution in [2.75, 3.05) is 23.1 Å². The van der Waals surface area contributed by atoms with E-state index in [4.69, 9.17) is 16.3 Å². The molecule has 9 nitrogen and oxygen atoms in total. The molecule has 40 heavy (non-hydrogen) atoms. The molecule has 0 unspecified atom stereocenters. The summed E-state index contributed by atoms with van der Waals surface area (Å²) in [6.45, 7) is 0. The van der Waals surface area contributed by atoms with Crippen LogP contribution in [-0.4, -0.2) is 34.7 Å². The van der Waals surface area contributed by atoms with E-state index in [2.05, 4.69) is 20.9 Å². The lowest BCUT2D eigenvalue weighted by Gasteiger charge is -2.10. The van der Waals surface area contributed by atoms with Gasteiger partial charge in [0.25, 0.3) is 5.91 Å². The number of benzene rings is 4. The van der Waals surface area contributed by atoms with Crippen LogP contribution in [0.4, 0.5) is 26.9 Å². The van der Waals surface area contributed by atoms with Crippen LogP contribution >= 0.6 is 23.4 Å². The fourth-order valence-corrected chi connectivity index (χ4v) is 4.91. The van der Waals surface area contributed by atoms with Crippen LogP contribution in [0.15, 0.2) is 107 Å². The van der Waals surface area contributed by atoms with E-state index in [1.807, 2.05) is 30.3 Å². The molecular formula is C29H22ClN5O4S. The third kappa shape index (κ3) is 6.09. The molecule has 0 bridgehead atoms. The maximum atomic E-state index is 13.2. The number of para-hydroxylation sites is 1. The molecule has 3 amide bonds. The van der Waals surface area contributed by atoms with Gasteiger partial charge in [-0.05, 0) is 66.7 Å². The number of ether oxygens (including phenoxy) is 1. The van der Waals surface area contributed by atoms with Crippen molar-refractivity contribution >= 4 is 69.8 Å². The highest BCUT2D eigenvalue weighted by atomic mass is 35.5. The van der Waals surface area contributed by atoms with E-state index >= 15 is 0 Å². The third-order valence-electron chi connectivity index (χ3n) is 5.72. The smallest absolute Gasteiger partial charge is 0.413 e. The number of rotatable bonds is 6. The second-order valence-corrected chi connectivity index (χ2v) is 9.95. The summed E-state index contributed by atoms with van der Waals surface area (Å²) in [5, 5.41) is 8.53. The number of hydrogen-bond donors (Lipinski definition) is 3. The Hall–Kier alpha value is -4.80. The number of halogens is 1. The van der Waals surface area contributed by atoms with Gasteiger partial charge in [0, 0.05) is 21.2 Å². The molecule has 1 heterocycles. The van der Waals surface area contributed by atoms with Gasteiger partial charge in [-0.2, -0.15) is 0 Å². The average molecular weight is 572 g/mol. The molecule has 0 spiro atoms. The summed E-state index contributed by atoms with van der Waals surface area (Å²) in [6.07, 6.45) is -0.750. The van der Waals surface area contributed by atoms with Crippen molar-refractivity contribution in [3.05, 3.63) is 108 Å². The topological polar surface area (TPSA) is 114 Å². The molecule has 0 atom stereocenters. The minimum Gasteiger partial charge on any atom is -0.453 e. The van der Waals surface area contributed by atoms with Crippen molar-refractivity contribution in [2.24, 2.45) is 0 Å². The van der Waals surface area contributed by atoms with Crippen molar-refractivity contribution in [3.8, 4) is 0 Å². The highest BCUT2D eigenvalue weighted by molar-refractivity contribution is 7.99. The van der Waals surface area contributed by atoms with Crippen LogP contribution in [0.25, 0.3) is 11.0 Å². The van der Waals surface area contributed by atoms with Gasteiger partial charge in [0.2, 0.25) is 5.95 Å². The van der Waals surface area contributed by atoms with Crippen LogP contribution in [0, 0.1) is 0 Å². The number of fused-ring (bicyclic) bond motifs is 1. The van der Waals surface area contributed by atoms with E-state index < -0.39 is 12.1 Å². The lowest BCUT2D eigenvalue weighted by Crippen LogP contribution is -2.23. The van der Waals surface area contributed by atoms with Gasteiger partial charge in [-0.1, -0.05) is 53.7 Å². The Kier molecular flexibility index (Phi) is 7.99. The molecular weight excluding hydrogens is 550 g/mol. The molecule has 0 radical (unpaired) electrons. The Balaban J connectivity index is 1.35. The average Bonchev–Trinajstić information content (AvgIpc) is 3.31. The Labute approximate surface area is 238 Å². The Morgan fingerprint density at radius 2 is 1.48 bits per heavy atom. The van der Waals surface area contributed by atoms with E-state index in [1.165, 1.54) is 23.4 Å². The number of nitrogens with one attached hydrogen (secondary N) is 3. The van der Waals surface area contributed by atoms with Gasteiger partial charge >= 0.3 is 12.1 Å². The zero-order valence-electron chi connectivity index (χ0n) is 21.1. The normalized spacial score (nSPS) is 10.7. The first-order valence-electron chi connectivity index (χ1n) is 12.0. The molecule has 3 N–H and O–H groups in total. The zero-order valence-corrected chi connectivity index (χ0v) is 22.6. The first-order valence-corrected chi connectivity index (χ1v) is 13.2. The number of nitrogens with zero attached hydrogens (tertiary/aromatic N) is 2. The first kappa shape index (κ1) is 26.8. The molecule has 11 heteroatoms. The van der Waals surface area contributed by atoms with Gasteiger partial charge < -0.3 is 15.4 Å². The minimum atomic E-state index is -0.750. The molecule has 4 aromatic carbocycles. The van der Waals surface area contributed by atoms with Crippen LogP contribution in [0.3, 0.4) is 0 Å². The van der Waals surface area contributed by atoms with Gasteiger partial charge in [0.15, 0.2) is 0 Å². The number of methoxy groups -OCH3 is 1. The molecule has 200 valence electrons. The molecule has 0 aliphatic rings. The highest BCUT2D eigenvalue weighted by Gasteiger charge is 2.20. The number of imidazole rings is 1. The second-order valence-electron chi connectivity index (χ2n) is 8.39. The van der Waals surface area contributed by atoms with Crippen molar-refractivity contribution in [1.29, 1.82) is 0 Å². The van der Waals surface area contributed by atoms with Crippen molar-refractivity contribution in [2.45, 2.75) is 9.79 Å². The monoisotopic (exact) mass is 571 g/mol. The third-order valence-corrected chi connectivity index (χ3v) is 7.05. The summed E-state index contributed by atoms with van der Waals surface area (Å²) in [5.74, 6) is -0.268. The lowest BCUT2D eigenvalue weighted by atomic mass is 10.2. The quantitative estimate of drug-likeness (QED) is 0.196. The summed E-state index contributed by atoms with van der Waals surface area (Å²) in [6, 6.07) is 28.1. The lowest BCUT2D eigenvalue weighted by molar-refractivity contribution is 0.102. The standard InChI is InChI=1S/C29H22ClN5O4S/c1-39-29(38)34-27-33-24-17-21(15-16-25(24)35(27)28(37)32-18-7-3-2-4-8-18)40-20-13-11-19(12-14-20)31-26(36)22-9-5-6-10-23(22)30/h2-17H,1H3,(H,31,36)(H,32,37)(H,33,34,38). The van der Waals surface area contributed by atoms with Crippen LogP contribution < -0.4 is 16.0 Å². The van der Waals surface area contributed by atoms with Gasteiger partial charge in [0.1, 0.15) is 0 Å². The number of amides is 3. The predicted molar refractivity (Wildman–Crippen MR) is 157 cm³/mol. The van der Waals surface area contributed by atoms with E-state index in [1.54, 1.807) is 66.7 Å². The Morgan fingerprint density at radius 3 is 2.20 bits per heavy atom. The molecule has 5 rings (SSSR count). The molecule has 0 aliphatic carbocycles. The van der Waals surface area contributed by atoms with Crippen molar-refractivity contribution < 1.29 is 19.1 Å². The van der Waals surface area contributed by atoms with Gasteiger partial charge in [-0.3, -0.25) is 10.1 Å². The van der Waals surface area contributed by atoms with Crippen molar-refractivity contribution in [1.82, 2.24) is 9.55 Å². The number of anilines is 3. The zero-order chi connectivity index (χ0) is 28.1. The van der Waals surface area contributed by atoms with Gasteiger partial charge in [-0.15, -0.1) is 0 Å². The maximum absolute atomic E-state index is 13.2. The van der Waals surface area contributed by atoms with E-state index in [9.17, 15) is 14.4 Å². The van der Waals surface area contributed by atoms with Crippen LogP contribution in [0.1, 0.15) is 10.4 Å². The van der Waals surface area contributed by atoms with Gasteiger partial charge in [0.05, 0.1) is 28.7 Å². The van der Waals surface area contributed by atoms with E-state index in [0.717, 1.165) is 9.79 Å². The van der Waals surface area contributed by atoms with Crippen LogP contribution in [-0.2, 0) is 4.74 Å². The molecule has 0 saturated carbocycles. The van der Waals surface area contributed by atoms with Crippen molar-refractivity contribution in [3.63, 3.8) is 0 Å². The minimum absolute atomic E-state index is 0.0241. The molecule has 0 aliphatic heterocycles. The molecule has 0 fully saturated rings. The second kappa shape index (κ2) is 11.9. The summed E-state index contributed by atoms with van der Waals surface area (Å²) in [7, 11) is 1.23. The van der Waals surface area contributed by atoms with Crippen LogP contribution in [0.5, 0.6) is 0 Å². The first-order chi connectivity index (χ1) is 19.4. The molecule has 0 saturated heterocycles. The van der Waals surface area contributed by atoms with E-state index in [-0.39, 0.29) is 11.9 Å². The summed E-state index contributed by atoms with van der Waals surface area (Å²) < 4.78 is 5.98. The Morgan fingerprint density at radius 1 is 0.800 bits per heavy atom. The number of hydrogen-bond acceptors (Lipinski definition) is 6. The van der Waals surface area contributed by atoms with Crippen LogP contribution in [0.2, 0.25) is 5.02 Å². The van der Waals surface area contributed by atoms with Gasteiger partial charge in [-0.25, -0.2) is 19.1 Å². The number of carbonyl (C=O) groups is 3. The Bertz CT molecular complexity index is 1710. The molecule has 5 aromatic rings. The fourth-order valence-electron chi connectivity index (χ4n) is 3.84. The largest absolute Gasteiger partial charge is 0.453 e. The summed E-state index contributed by atoms with van der Waals surface area (Å²) >= 11 is 7.60. The molecule has 1 aromatic heterocycles. The predicted octanol–water partition coefficient (Wildman–Crippen LogP) is 7.35. The highest BCUT2D eigenvalue weighted by Crippen LogP contribution is 2.32. The number of aromatic nitrogens is 2.